The molecule has 3 rings (SSSR count). The molecule has 0 radical (unpaired) electrons. The van der Waals surface area contributed by atoms with Gasteiger partial charge in [0.25, 0.3) is 0 Å². The first kappa shape index (κ1) is 17.1. The molecule has 0 atom stereocenters. The maximum absolute atomic E-state index is 10.9. The zero-order valence-electron chi connectivity index (χ0n) is 14.6. The highest BCUT2D eigenvalue weighted by atomic mass is 16.7. The van der Waals surface area contributed by atoms with Gasteiger partial charge in [0.1, 0.15) is 5.75 Å². The first-order valence-electron chi connectivity index (χ1n) is 8.28. The van der Waals surface area contributed by atoms with Crippen LogP contribution in [0.25, 0.3) is 0 Å². The third-order valence-corrected chi connectivity index (χ3v) is 5.21. The number of benzene rings is 1. The Balaban J connectivity index is 1.69. The van der Waals surface area contributed by atoms with Crippen LogP contribution in [0.3, 0.4) is 0 Å². The van der Waals surface area contributed by atoms with Crippen LogP contribution in [-0.4, -0.2) is 35.2 Å². The summed E-state index contributed by atoms with van der Waals surface area (Å²) in [4.78, 5) is 10.9. The van der Waals surface area contributed by atoms with Gasteiger partial charge in [0, 0.05) is 12.8 Å². The summed E-state index contributed by atoms with van der Waals surface area (Å²) >= 11 is 0. The Morgan fingerprint density at radius 2 is 1.67 bits per heavy atom. The second-order valence-electron chi connectivity index (χ2n) is 7.54. The van der Waals surface area contributed by atoms with Gasteiger partial charge in [-0.1, -0.05) is 12.1 Å². The van der Waals surface area contributed by atoms with Gasteiger partial charge in [-0.25, -0.2) is 4.79 Å². The van der Waals surface area contributed by atoms with E-state index in [0.29, 0.717) is 18.6 Å². The van der Waals surface area contributed by atoms with Crippen LogP contribution in [0.15, 0.2) is 24.3 Å². The predicted octanol–water partition coefficient (Wildman–Crippen LogP) is 2.51. The van der Waals surface area contributed by atoms with Crippen LogP contribution in [0, 0.1) is 0 Å². The Kier molecular flexibility index (Phi) is 4.04. The molecule has 0 unspecified atom stereocenters. The molecule has 1 aromatic carbocycles. The van der Waals surface area contributed by atoms with Crippen molar-refractivity contribution < 1.29 is 23.9 Å². The zero-order chi connectivity index (χ0) is 17.6. The standard InChI is InChI=1S/C17H24BNO5/c1-15(2)16(3,4)24-18(23-15)12-6-8-13(9-7-12)22-17(10-5-11-17)19-14(20)21/h6-9,19H,5,10-11H2,1-4H3,(H,20,21). The number of rotatable bonds is 4. The van der Waals surface area contributed by atoms with Crippen LogP contribution in [-0.2, 0) is 9.31 Å². The number of hydrogen-bond donors (Lipinski definition) is 2. The Bertz CT molecular complexity index is 608. The molecule has 24 heavy (non-hydrogen) atoms. The minimum Gasteiger partial charge on any atom is -0.468 e. The SMILES string of the molecule is CC1(C)OB(c2ccc(OC3(NC(=O)O)CCC3)cc2)OC1(C)C. The lowest BCUT2D eigenvalue weighted by Crippen LogP contribution is -2.57. The monoisotopic (exact) mass is 333 g/mol. The van der Waals surface area contributed by atoms with E-state index < -0.39 is 18.9 Å². The lowest BCUT2D eigenvalue weighted by Gasteiger charge is -2.41. The highest BCUT2D eigenvalue weighted by molar-refractivity contribution is 6.62. The average Bonchev–Trinajstić information content (AvgIpc) is 2.65. The smallest absolute Gasteiger partial charge is 0.468 e. The van der Waals surface area contributed by atoms with Crippen LogP contribution >= 0.6 is 0 Å². The average molecular weight is 333 g/mol. The Morgan fingerprint density at radius 1 is 1.12 bits per heavy atom. The Hall–Kier alpha value is -1.73. The van der Waals surface area contributed by atoms with Gasteiger partial charge < -0.3 is 19.2 Å². The highest BCUT2D eigenvalue weighted by Crippen LogP contribution is 2.37. The summed E-state index contributed by atoms with van der Waals surface area (Å²) in [7, 11) is -0.418. The van der Waals surface area contributed by atoms with E-state index in [0.717, 1.165) is 11.9 Å². The molecular weight excluding hydrogens is 309 g/mol. The van der Waals surface area contributed by atoms with E-state index in [1.807, 2.05) is 52.0 Å². The molecule has 2 N–H and O–H groups in total. The fraction of sp³-hybridized carbons (Fsp3) is 0.588. The first-order chi connectivity index (χ1) is 11.1. The Morgan fingerprint density at radius 3 is 2.08 bits per heavy atom. The first-order valence-corrected chi connectivity index (χ1v) is 8.28. The maximum atomic E-state index is 10.9. The van der Waals surface area contributed by atoms with E-state index in [9.17, 15) is 4.79 Å². The maximum Gasteiger partial charge on any atom is 0.494 e. The van der Waals surface area contributed by atoms with Crippen molar-refractivity contribution in [2.75, 3.05) is 0 Å². The number of carboxylic acid groups (broad SMARTS) is 1. The fourth-order valence-corrected chi connectivity index (χ4v) is 2.84. The van der Waals surface area contributed by atoms with Crippen LogP contribution in [0.1, 0.15) is 47.0 Å². The lowest BCUT2D eigenvalue weighted by molar-refractivity contribution is -0.0327. The second kappa shape index (κ2) is 5.67. The number of nitrogens with one attached hydrogen (secondary N) is 1. The van der Waals surface area contributed by atoms with Crippen LogP contribution in [0.5, 0.6) is 5.75 Å². The molecule has 6 nitrogen and oxygen atoms in total. The minimum atomic E-state index is -1.07. The number of carbonyl (C=O) groups is 1. The van der Waals surface area contributed by atoms with Gasteiger partial charge in [-0.05, 0) is 51.7 Å². The quantitative estimate of drug-likeness (QED) is 0.654. The number of hydrogen-bond acceptors (Lipinski definition) is 4. The molecule has 1 aliphatic carbocycles. The molecule has 1 saturated carbocycles. The molecular formula is C17H24BNO5. The molecule has 2 fully saturated rings. The van der Waals surface area contributed by atoms with Gasteiger partial charge in [0.2, 0.25) is 0 Å². The van der Waals surface area contributed by atoms with Crippen molar-refractivity contribution in [2.24, 2.45) is 0 Å². The topological polar surface area (TPSA) is 77.0 Å². The summed E-state index contributed by atoms with van der Waals surface area (Å²) < 4.78 is 17.9. The molecule has 1 aromatic rings. The van der Waals surface area contributed by atoms with Crippen LogP contribution in [0.4, 0.5) is 4.79 Å². The van der Waals surface area contributed by atoms with E-state index in [-0.39, 0.29) is 11.2 Å². The van der Waals surface area contributed by atoms with Crippen molar-refractivity contribution in [3.05, 3.63) is 24.3 Å². The largest absolute Gasteiger partial charge is 0.494 e. The summed E-state index contributed by atoms with van der Waals surface area (Å²) in [6, 6.07) is 7.43. The molecule has 1 heterocycles. The fourth-order valence-electron chi connectivity index (χ4n) is 2.84. The molecule has 1 aliphatic heterocycles. The molecule has 7 heteroatoms. The number of ether oxygens (including phenoxy) is 1. The molecule has 1 amide bonds. The molecule has 0 bridgehead atoms. The minimum absolute atomic E-state index is 0.381. The Labute approximate surface area is 142 Å². The molecule has 130 valence electrons. The van der Waals surface area contributed by atoms with E-state index in [1.54, 1.807) is 0 Å². The summed E-state index contributed by atoms with van der Waals surface area (Å²) in [6.07, 6.45) is 1.24. The summed E-state index contributed by atoms with van der Waals surface area (Å²) in [5, 5.41) is 11.4. The van der Waals surface area contributed by atoms with E-state index >= 15 is 0 Å². The third-order valence-electron chi connectivity index (χ3n) is 5.21. The highest BCUT2D eigenvalue weighted by Gasteiger charge is 2.51. The van der Waals surface area contributed by atoms with Gasteiger partial charge in [0.05, 0.1) is 11.2 Å². The summed E-state index contributed by atoms with van der Waals surface area (Å²) in [5.74, 6) is 0.628. The molecule has 0 aromatic heterocycles. The number of amides is 1. The van der Waals surface area contributed by atoms with E-state index in [2.05, 4.69) is 5.32 Å². The van der Waals surface area contributed by atoms with Gasteiger partial charge in [-0.15, -0.1) is 0 Å². The molecule has 1 saturated heterocycles. The van der Waals surface area contributed by atoms with Gasteiger partial charge in [-0.3, -0.25) is 5.32 Å². The summed E-state index contributed by atoms with van der Waals surface area (Å²) in [6.45, 7) is 8.07. The van der Waals surface area contributed by atoms with Crippen LogP contribution < -0.4 is 15.5 Å². The molecule has 0 spiro atoms. The van der Waals surface area contributed by atoms with Crippen molar-refractivity contribution in [1.82, 2.24) is 5.32 Å². The van der Waals surface area contributed by atoms with Gasteiger partial charge >= 0.3 is 13.2 Å². The van der Waals surface area contributed by atoms with Crippen molar-refractivity contribution >= 4 is 18.7 Å². The van der Waals surface area contributed by atoms with Crippen molar-refractivity contribution in [2.45, 2.75) is 63.9 Å². The van der Waals surface area contributed by atoms with Crippen molar-refractivity contribution in [3.8, 4) is 5.75 Å². The van der Waals surface area contributed by atoms with E-state index in [4.69, 9.17) is 19.2 Å². The second-order valence-corrected chi connectivity index (χ2v) is 7.54. The molecule has 2 aliphatic rings. The summed E-state index contributed by atoms with van der Waals surface area (Å²) in [5.41, 5.74) is -0.643. The van der Waals surface area contributed by atoms with Gasteiger partial charge in [-0.2, -0.15) is 0 Å². The zero-order valence-corrected chi connectivity index (χ0v) is 14.6. The van der Waals surface area contributed by atoms with Crippen molar-refractivity contribution in [3.63, 3.8) is 0 Å². The lowest BCUT2D eigenvalue weighted by atomic mass is 9.79. The van der Waals surface area contributed by atoms with E-state index in [1.165, 1.54) is 0 Å². The third kappa shape index (κ3) is 3.10. The normalized spacial score (nSPS) is 23.4. The van der Waals surface area contributed by atoms with Crippen LogP contribution in [0.2, 0.25) is 0 Å². The van der Waals surface area contributed by atoms with Gasteiger partial charge in [0.15, 0.2) is 5.72 Å². The predicted molar refractivity (Wildman–Crippen MR) is 90.5 cm³/mol. The van der Waals surface area contributed by atoms with Crippen molar-refractivity contribution in [1.29, 1.82) is 0 Å².